The van der Waals surface area contributed by atoms with Gasteiger partial charge in [-0.3, -0.25) is 0 Å². The molecule has 0 spiro atoms. The van der Waals surface area contributed by atoms with Crippen LogP contribution in [0.2, 0.25) is 0 Å². The van der Waals surface area contributed by atoms with E-state index in [0.717, 1.165) is 0 Å². The molecule has 0 rings (SSSR count). The van der Waals surface area contributed by atoms with Crippen LogP contribution in [0.1, 0.15) is 15.2 Å². The van der Waals surface area contributed by atoms with Crippen molar-refractivity contribution in [2.45, 2.75) is 13.8 Å². The maximum absolute atomic E-state index is 6.40. The van der Waals surface area contributed by atoms with E-state index in [-0.39, 0.29) is 32.7 Å². The first-order valence-electron chi connectivity index (χ1n) is 1.69. The first-order chi connectivity index (χ1) is 1.91. The SMILES string of the molecule is [2H]C[CH-]C.[Y]. The minimum atomic E-state index is 0. The van der Waals surface area contributed by atoms with Crippen LogP contribution in [0.4, 0.5) is 0 Å². The topological polar surface area (TPSA) is 0 Å². The van der Waals surface area contributed by atoms with Crippen LogP contribution in [0.25, 0.3) is 0 Å². The van der Waals surface area contributed by atoms with E-state index in [1.165, 1.54) is 0 Å². The zero-order valence-electron chi connectivity index (χ0n) is 3.86. The van der Waals surface area contributed by atoms with Crippen molar-refractivity contribution < 1.29 is 34.1 Å². The van der Waals surface area contributed by atoms with E-state index in [1.807, 2.05) is 6.92 Å². The summed E-state index contributed by atoms with van der Waals surface area (Å²) >= 11 is 0. The Hall–Kier alpha value is 1.10. The molecule has 0 bridgehead atoms. The van der Waals surface area contributed by atoms with Gasteiger partial charge in [0.05, 0.1) is 0 Å². The smallest absolute Gasteiger partial charge is 0 e. The monoisotopic (exact) mass is 133 g/mol. The Morgan fingerprint density at radius 2 is 2.25 bits per heavy atom. The summed E-state index contributed by atoms with van der Waals surface area (Å²) in [7, 11) is 0. The fraction of sp³-hybridized carbons (Fsp3) is 0.667. The molecule has 0 aromatic heterocycles. The van der Waals surface area contributed by atoms with Gasteiger partial charge in [-0.2, -0.15) is 13.8 Å². The summed E-state index contributed by atoms with van der Waals surface area (Å²) in [6.45, 7) is 2.31. The molecule has 0 fully saturated rings. The van der Waals surface area contributed by atoms with Crippen LogP contribution in [-0.2, 0) is 32.7 Å². The third-order valence-electron chi connectivity index (χ3n) is 0. The van der Waals surface area contributed by atoms with Crippen molar-refractivity contribution in [3.05, 3.63) is 6.42 Å². The molecule has 1 radical (unpaired) electrons. The Bertz CT molecular complexity index is 8.85. The first-order valence-corrected chi connectivity index (χ1v) is 0.986. The molecule has 0 nitrogen and oxygen atoms in total. The van der Waals surface area contributed by atoms with Gasteiger partial charge >= 0.3 is 0 Å². The molecule has 0 aliphatic carbocycles. The summed E-state index contributed by atoms with van der Waals surface area (Å²) in [6.07, 6.45) is 1.79. The summed E-state index contributed by atoms with van der Waals surface area (Å²) in [5.74, 6) is 0. The van der Waals surface area contributed by atoms with Crippen LogP contribution >= 0.6 is 0 Å². The summed E-state index contributed by atoms with van der Waals surface area (Å²) in [5, 5.41) is 0. The van der Waals surface area contributed by atoms with Crippen molar-refractivity contribution in [3.8, 4) is 0 Å². The number of rotatable bonds is 0. The first kappa shape index (κ1) is 5.10. The summed E-state index contributed by atoms with van der Waals surface area (Å²) in [5.41, 5.74) is 0. The van der Waals surface area contributed by atoms with Gasteiger partial charge in [0.25, 0.3) is 0 Å². The maximum atomic E-state index is 6.40. The van der Waals surface area contributed by atoms with E-state index in [4.69, 9.17) is 1.37 Å². The van der Waals surface area contributed by atoms with Crippen molar-refractivity contribution in [1.29, 1.82) is 0 Å². The fourth-order valence-electron chi connectivity index (χ4n) is 0. The van der Waals surface area contributed by atoms with Gasteiger partial charge in [-0.1, -0.05) is 0 Å². The third kappa shape index (κ3) is 11.3. The summed E-state index contributed by atoms with van der Waals surface area (Å²) in [4.78, 5) is 0. The van der Waals surface area contributed by atoms with Crippen LogP contribution in [0.5, 0.6) is 0 Å². The van der Waals surface area contributed by atoms with Crippen LogP contribution < -0.4 is 0 Å². The maximum Gasteiger partial charge on any atom is 0 e. The van der Waals surface area contributed by atoms with Gasteiger partial charge in [0.1, 0.15) is 0 Å². The number of hydrogen-bond acceptors (Lipinski definition) is 0. The van der Waals surface area contributed by atoms with E-state index in [0.29, 0.717) is 6.90 Å². The molecule has 0 aromatic rings. The summed E-state index contributed by atoms with van der Waals surface area (Å²) < 4.78 is 6.40. The van der Waals surface area contributed by atoms with E-state index in [2.05, 4.69) is 0 Å². The minimum absolute atomic E-state index is 0. The molecule has 0 atom stereocenters. The van der Waals surface area contributed by atoms with Crippen molar-refractivity contribution in [3.63, 3.8) is 0 Å². The second-order valence-corrected chi connectivity index (χ2v) is 0.408. The third-order valence-corrected chi connectivity index (χ3v) is 0. The molecule has 0 aromatic carbocycles. The second-order valence-electron chi connectivity index (χ2n) is 0.408. The molecule has 1 heteroatoms. The predicted octanol–water partition coefficient (Wildman–Crippen LogP) is 1.23. The second kappa shape index (κ2) is 8.93. The molecule has 0 saturated heterocycles. The van der Waals surface area contributed by atoms with Crippen molar-refractivity contribution >= 4 is 0 Å². The zero-order chi connectivity index (χ0) is 3.41. The Morgan fingerprint density at radius 3 is 2.25 bits per heavy atom. The van der Waals surface area contributed by atoms with E-state index in [1.54, 1.807) is 6.42 Å². The van der Waals surface area contributed by atoms with E-state index in [9.17, 15) is 0 Å². The average molecular weight is 133 g/mol. The van der Waals surface area contributed by atoms with Crippen molar-refractivity contribution in [1.82, 2.24) is 0 Å². The Balaban J connectivity index is 0. The zero-order valence-corrected chi connectivity index (χ0v) is 5.70. The van der Waals surface area contributed by atoms with Crippen LogP contribution in [-0.4, -0.2) is 0 Å². The molecule has 4 heavy (non-hydrogen) atoms. The molecule has 0 amide bonds. The fourth-order valence-corrected chi connectivity index (χ4v) is 0. The van der Waals surface area contributed by atoms with Gasteiger partial charge in [0.15, 0.2) is 0 Å². The van der Waals surface area contributed by atoms with Crippen LogP contribution in [0, 0.1) is 6.42 Å². The normalized spacial score (nSPS) is 7.75. The molecule has 0 unspecified atom stereocenters. The van der Waals surface area contributed by atoms with Crippen LogP contribution in [0.15, 0.2) is 0 Å². The standard InChI is InChI=1S/C3H7.Y/c1-3-2;/h3H,1-2H3;/q-1;/i1D;. The average Bonchev–Trinajstić information content (AvgIpc) is 1.37. The Kier molecular flexibility index (Phi) is 11.4. The van der Waals surface area contributed by atoms with Crippen molar-refractivity contribution in [2.75, 3.05) is 0 Å². The quantitative estimate of drug-likeness (QED) is 0.436. The largest absolute Gasteiger partial charge is 0.335 e. The summed E-state index contributed by atoms with van der Waals surface area (Å²) in [6, 6.07) is 0. The van der Waals surface area contributed by atoms with Crippen molar-refractivity contribution in [2.24, 2.45) is 0 Å². The predicted molar refractivity (Wildman–Crippen MR) is 15.6 cm³/mol. The Morgan fingerprint density at radius 1 is 2.00 bits per heavy atom. The van der Waals surface area contributed by atoms with E-state index < -0.39 is 0 Å². The van der Waals surface area contributed by atoms with Gasteiger partial charge < -0.3 is 6.42 Å². The van der Waals surface area contributed by atoms with Gasteiger partial charge in [0, 0.05) is 32.7 Å². The van der Waals surface area contributed by atoms with Crippen LogP contribution in [0.3, 0.4) is 0 Å². The molecular weight excluding hydrogens is 125 g/mol. The Labute approximate surface area is 54.3 Å². The molecule has 23 valence electrons. The number of hydrogen-bond donors (Lipinski definition) is 0. The molecule has 0 aliphatic rings. The molecular formula is C3H7Y-. The molecule has 0 saturated carbocycles. The molecule has 0 N–H and O–H groups in total. The molecule has 0 aliphatic heterocycles. The van der Waals surface area contributed by atoms with Gasteiger partial charge in [-0.25, -0.2) is 0 Å². The van der Waals surface area contributed by atoms with Gasteiger partial charge in [0.2, 0.25) is 0 Å². The van der Waals surface area contributed by atoms with E-state index >= 15 is 0 Å². The van der Waals surface area contributed by atoms with Gasteiger partial charge in [-0.05, 0) is 1.37 Å². The minimum Gasteiger partial charge on any atom is -0.335 e. The van der Waals surface area contributed by atoms with Gasteiger partial charge in [-0.15, -0.1) is 0 Å². The molecule has 0 heterocycles.